The molecule has 0 aliphatic carbocycles. The third-order valence-electron chi connectivity index (χ3n) is 4.59. The van der Waals surface area contributed by atoms with Crippen molar-refractivity contribution in [3.63, 3.8) is 0 Å². The first-order chi connectivity index (χ1) is 17.1. The number of ether oxygens (including phenoxy) is 3. The van der Waals surface area contributed by atoms with Gasteiger partial charge >= 0.3 is 17.9 Å². The Kier molecular flexibility index (Phi) is 8.40. The smallest absolute Gasteiger partial charge is 0.339 e. The molecule has 0 fully saturated rings. The van der Waals surface area contributed by atoms with Crippen LogP contribution in [0, 0.1) is 0 Å². The largest absolute Gasteiger partial charge is 0.465 e. The molecule has 13 heteroatoms. The van der Waals surface area contributed by atoms with Crippen LogP contribution in [0.4, 0.5) is 11.4 Å². The van der Waals surface area contributed by atoms with Crippen molar-refractivity contribution in [3.8, 4) is 0 Å². The molecule has 1 amide bonds. The molecule has 0 unspecified atom stereocenters. The number of hydrogen-bond donors (Lipinski definition) is 2. The van der Waals surface area contributed by atoms with Crippen LogP contribution in [0.5, 0.6) is 0 Å². The van der Waals surface area contributed by atoms with Crippen LogP contribution in [0.2, 0.25) is 0 Å². The number of anilines is 2. The number of rotatable bonds is 9. The van der Waals surface area contributed by atoms with E-state index in [1.165, 1.54) is 55.6 Å². The zero-order chi connectivity index (χ0) is 26.3. The maximum absolute atomic E-state index is 12.4. The van der Waals surface area contributed by atoms with E-state index in [1.807, 2.05) is 0 Å². The minimum absolute atomic E-state index is 0.0228. The maximum atomic E-state index is 12.4. The summed E-state index contributed by atoms with van der Waals surface area (Å²) in [7, 11) is -1.40. The van der Waals surface area contributed by atoms with Crippen LogP contribution < -0.4 is 10.0 Å². The van der Waals surface area contributed by atoms with Crippen molar-refractivity contribution in [2.75, 3.05) is 30.9 Å². The van der Waals surface area contributed by atoms with Crippen LogP contribution >= 0.6 is 11.3 Å². The third-order valence-corrected chi connectivity index (χ3v) is 7.37. The number of hydrogen-bond acceptors (Lipinski definition) is 10. The lowest BCUT2D eigenvalue weighted by Crippen LogP contribution is -2.22. The minimum atomic E-state index is -3.74. The predicted molar refractivity (Wildman–Crippen MR) is 130 cm³/mol. The first-order valence-electron chi connectivity index (χ1n) is 10.1. The van der Waals surface area contributed by atoms with Gasteiger partial charge in [0, 0.05) is 5.69 Å². The van der Waals surface area contributed by atoms with Gasteiger partial charge in [-0.3, -0.25) is 9.52 Å². The highest BCUT2D eigenvalue weighted by Crippen LogP contribution is 2.21. The second-order valence-corrected chi connectivity index (χ2v) is 9.84. The molecule has 11 nitrogen and oxygen atoms in total. The highest BCUT2D eigenvalue weighted by atomic mass is 32.2. The van der Waals surface area contributed by atoms with E-state index in [1.54, 1.807) is 11.4 Å². The van der Waals surface area contributed by atoms with E-state index in [9.17, 15) is 27.6 Å². The molecule has 0 saturated carbocycles. The highest BCUT2D eigenvalue weighted by molar-refractivity contribution is 7.94. The molecule has 0 radical (unpaired) electrons. The third kappa shape index (κ3) is 6.46. The number of esters is 3. The van der Waals surface area contributed by atoms with E-state index in [0.717, 1.165) is 18.4 Å². The fourth-order valence-corrected chi connectivity index (χ4v) is 4.93. The van der Waals surface area contributed by atoms with E-state index in [-0.39, 0.29) is 32.3 Å². The van der Waals surface area contributed by atoms with Crippen molar-refractivity contribution in [2.24, 2.45) is 0 Å². The Morgan fingerprint density at radius 3 is 2.14 bits per heavy atom. The van der Waals surface area contributed by atoms with Gasteiger partial charge in [-0.15, -0.1) is 11.3 Å². The predicted octanol–water partition coefficient (Wildman–Crippen LogP) is 2.92. The number of thiophene rings is 1. The van der Waals surface area contributed by atoms with E-state index in [0.29, 0.717) is 0 Å². The molecule has 2 N–H and O–H groups in total. The normalized spacial score (nSPS) is 10.7. The molecular formula is C23H20N2O9S2. The van der Waals surface area contributed by atoms with Crippen LogP contribution in [0.25, 0.3) is 0 Å². The summed E-state index contributed by atoms with van der Waals surface area (Å²) in [5, 5.41) is 4.03. The highest BCUT2D eigenvalue weighted by Gasteiger charge is 2.19. The molecular weight excluding hydrogens is 512 g/mol. The van der Waals surface area contributed by atoms with Crippen molar-refractivity contribution >= 4 is 56.5 Å². The van der Waals surface area contributed by atoms with Crippen molar-refractivity contribution < 1.29 is 41.8 Å². The summed E-state index contributed by atoms with van der Waals surface area (Å²) in [4.78, 5) is 48.4. The lowest BCUT2D eigenvalue weighted by Gasteiger charge is -2.12. The van der Waals surface area contributed by atoms with E-state index >= 15 is 0 Å². The Labute approximate surface area is 210 Å². The number of amides is 1. The average Bonchev–Trinajstić information content (AvgIpc) is 3.43. The van der Waals surface area contributed by atoms with Crippen molar-refractivity contribution in [1.82, 2.24) is 0 Å². The van der Waals surface area contributed by atoms with Crippen molar-refractivity contribution in [2.45, 2.75) is 4.21 Å². The van der Waals surface area contributed by atoms with Gasteiger partial charge in [0.25, 0.3) is 15.9 Å². The lowest BCUT2D eigenvalue weighted by atomic mass is 10.1. The topological polar surface area (TPSA) is 154 Å². The number of carbonyl (C=O) groups excluding carboxylic acids is 4. The monoisotopic (exact) mass is 532 g/mol. The van der Waals surface area contributed by atoms with Gasteiger partial charge in [-0.05, 0) is 53.9 Å². The molecule has 1 aromatic heterocycles. The number of carbonyl (C=O) groups is 4. The summed E-state index contributed by atoms with van der Waals surface area (Å²) in [6.45, 7) is -0.700. The molecule has 3 rings (SSSR count). The summed E-state index contributed by atoms with van der Waals surface area (Å²) >= 11 is 1.06. The molecule has 188 valence electrons. The Balaban J connectivity index is 1.62. The van der Waals surface area contributed by atoms with Crippen LogP contribution in [-0.4, -0.2) is 53.1 Å². The maximum Gasteiger partial charge on any atom is 0.339 e. The standard InChI is InChI=1S/C23H20N2O9S2/c1-32-21(27)15-7-10-17(23(29)33-2)18(12-15)24-19(26)13-34-22(28)14-5-8-16(9-6-14)25-36(30,31)20-4-3-11-35-20/h3-12,25H,13H2,1-2H3,(H,24,26). The number of benzene rings is 2. The van der Waals surface area contributed by atoms with E-state index in [2.05, 4.69) is 19.5 Å². The molecule has 0 bridgehead atoms. The molecule has 36 heavy (non-hydrogen) atoms. The van der Waals surface area contributed by atoms with E-state index < -0.39 is 40.4 Å². The molecule has 2 aromatic carbocycles. The van der Waals surface area contributed by atoms with Gasteiger partial charge in [0.2, 0.25) is 0 Å². The van der Waals surface area contributed by atoms with Crippen LogP contribution in [0.3, 0.4) is 0 Å². The van der Waals surface area contributed by atoms with Gasteiger partial charge < -0.3 is 19.5 Å². The van der Waals surface area contributed by atoms with Gasteiger partial charge in [-0.2, -0.15) is 0 Å². The summed E-state index contributed by atoms with van der Waals surface area (Å²) in [6.07, 6.45) is 0. The van der Waals surface area contributed by atoms with Gasteiger partial charge in [0.05, 0.1) is 36.6 Å². The second kappa shape index (κ2) is 11.5. The Morgan fingerprint density at radius 2 is 1.53 bits per heavy atom. The molecule has 0 aliphatic heterocycles. The minimum Gasteiger partial charge on any atom is -0.465 e. The number of methoxy groups -OCH3 is 2. The molecule has 1 heterocycles. The summed E-state index contributed by atoms with van der Waals surface area (Å²) in [6, 6.07) is 12.3. The molecule has 0 spiro atoms. The quantitative estimate of drug-likeness (QED) is 0.313. The SMILES string of the molecule is COC(=O)c1ccc(C(=O)OC)c(NC(=O)COC(=O)c2ccc(NS(=O)(=O)c3cccs3)cc2)c1. The van der Waals surface area contributed by atoms with Crippen molar-refractivity contribution in [3.05, 3.63) is 76.7 Å². The average molecular weight is 533 g/mol. The van der Waals surface area contributed by atoms with Crippen LogP contribution in [0.1, 0.15) is 31.1 Å². The fraction of sp³-hybridized carbons (Fsp3) is 0.130. The fourth-order valence-electron chi connectivity index (χ4n) is 2.88. The number of sulfonamides is 1. The van der Waals surface area contributed by atoms with E-state index in [4.69, 9.17) is 4.74 Å². The molecule has 3 aromatic rings. The Hall–Kier alpha value is -4.23. The molecule has 0 saturated heterocycles. The van der Waals surface area contributed by atoms with Gasteiger partial charge in [-0.1, -0.05) is 6.07 Å². The van der Waals surface area contributed by atoms with Crippen LogP contribution in [0.15, 0.2) is 64.2 Å². The summed E-state index contributed by atoms with van der Waals surface area (Å²) in [5.74, 6) is -3.06. The van der Waals surface area contributed by atoms with Gasteiger partial charge in [0.15, 0.2) is 6.61 Å². The summed E-state index contributed by atoms with van der Waals surface area (Å²) in [5.41, 5.74) is 0.328. The number of nitrogens with one attached hydrogen (secondary N) is 2. The van der Waals surface area contributed by atoms with Crippen molar-refractivity contribution in [1.29, 1.82) is 0 Å². The Bertz CT molecular complexity index is 1380. The van der Waals surface area contributed by atoms with Gasteiger partial charge in [-0.25, -0.2) is 22.8 Å². The molecule has 0 atom stereocenters. The molecule has 0 aliphatic rings. The van der Waals surface area contributed by atoms with Crippen LogP contribution in [-0.2, 0) is 29.0 Å². The zero-order valence-corrected chi connectivity index (χ0v) is 20.6. The summed E-state index contributed by atoms with van der Waals surface area (Å²) < 4.78 is 41.4. The first kappa shape index (κ1) is 26.4. The Morgan fingerprint density at radius 1 is 0.861 bits per heavy atom. The van der Waals surface area contributed by atoms with Gasteiger partial charge in [0.1, 0.15) is 4.21 Å². The first-order valence-corrected chi connectivity index (χ1v) is 12.4. The lowest BCUT2D eigenvalue weighted by molar-refractivity contribution is -0.119. The zero-order valence-electron chi connectivity index (χ0n) is 19.0. The second-order valence-electron chi connectivity index (χ2n) is 6.98.